The monoisotopic (exact) mass is 380 g/mol. The number of hydrogen-bond acceptors (Lipinski definition) is 6. The lowest BCUT2D eigenvalue weighted by atomic mass is 10.2. The van der Waals surface area contributed by atoms with Crippen molar-refractivity contribution < 1.29 is 4.79 Å². The van der Waals surface area contributed by atoms with Gasteiger partial charge in [-0.05, 0) is 36.4 Å². The van der Waals surface area contributed by atoms with E-state index in [-0.39, 0.29) is 24.1 Å². The predicted octanol–water partition coefficient (Wildman–Crippen LogP) is 1.86. The molecule has 1 aliphatic rings. The molecule has 1 atom stereocenters. The second kappa shape index (κ2) is 6.27. The molecule has 136 valence electrons. The van der Waals surface area contributed by atoms with Gasteiger partial charge < -0.3 is 4.90 Å². The summed E-state index contributed by atoms with van der Waals surface area (Å²) in [7, 11) is 0. The number of hydrogen-bond donors (Lipinski definition) is 0. The summed E-state index contributed by atoms with van der Waals surface area (Å²) in [4.78, 5) is 32.3. The lowest BCUT2D eigenvalue weighted by Crippen LogP contribution is -2.36. The Morgan fingerprint density at radius 1 is 1.26 bits per heavy atom. The molecule has 8 nitrogen and oxygen atoms in total. The van der Waals surface area contributed by atoms with Crippen molar-refractivity contribution in [1.82, 2.24) is 29.0 Å². The molecular formula is C18H16N6O2S. The highest BCUT2D eigenvalue weighted by Gasteiger charge is 2.33. The van der Waals surface area contributed by atoms with Gasteiger partial charge in [0.2, 0.25) is 5.91 Å². The fourth-order valence-electron chi connectivity index (χ4n) is 3.66. The first-order chi connectivity index (χ1) is 13.2. The highest BCUT2D eigenvalue weighted by Crippen LogP contribution is 2.31. The number of amides is 1. The van der Waals surface area contributed by atoms with E-state index in [1.165, 1.54) is 22.2 Å². The quantitative estimate of drug-likeness (QED) is 0.542. The van der Waals surface area contributed by atoms with Crippen molar-refractivity contribution >= 4 is 33.1 Å². The summed E-state index contributed by atoms with van der Waals surface area (Å²) in [6.07, 6.45) is 5.09. The molecule has 9 heteroatoms. The fourth-order valence-corrected chi connectivity index (χ4v) is 4.39. The number of carbonyl (C=O) groups excluding carboxylic acids is 1. The van der Waals surface area contributed by atoms with Gasteiger partial charge in [0.05, 0.1) is 17.8 Å². The minimum Gasteiger partial charge on any atom is -0.331 e. The van der Waals surface area contributed by atoms with Gasteiger partial charge in [-0.1, -0.05) is 6.07 Å². The molecule has 0 spiro atoms. The third-order valence-corrected chi connectivity index (χ3v) is 5.79. The van der Waals surface area contributed by atoms with Gasteiger partial charge in [0, 0.05) is 12.7 Å². The average molecular weight is 380 g/mol. The molecule has 0 aromatic carbocycles. The van der Waals surface area contributed by atoms with E-state index >= 15 is 0 Å². The van der Waals surface area contributed by atoms with E-state index < -0.39 is 0 Å². The van der Waals surface area contributed by atoms with Crippen LogP contribution in [0, 0.1) is 0 Å². The number of fused-ring (bicyclic) bond motifs is 2. The van der Waals surface area contributed by atoms with E-state index in [4.69, 9.17) is 0 Å². The highest BCUT2D eigenvalue weighted by atomic mass is 32.1. The van der Waals surface area contributed by atoms with E-state index in [0.717, 1.165) is 24.3 Å². The van der Waals surface area contributed by atoms with E-state index in [9.17, 15) is 9.59 Å². The van der Waals surface area contributed by atoms with Crippen LogP contribution in [0.1, 0.15) is 24.7 Å². The molecule has 4 aromatic heterocycles. The van der Waals surface area contributed by atoms with Gasteiger partial charge in [0.1, 0.15) is 11.4 Å². The lowest BCUT2D eigenvalue weighted by Gasteiger charge is -2.23. The largest absolute Gasteiger partial charge is 0.331 e. The molecule has 1 amide bonds. The lowest BCUT2D eigenvalue weighted by molar-refractivity contribution is -0.133. The van der Waals surface area contributed by atoms with Crippen LogP contribution in [-0.4, -0.2) is 41.5 Å². The molecule has 5 rings (SSSR count). The third-order valence-electron chi connectivity index (χ3n) is 4.97. The SMILES string of the molecule is O=C(Cn1cnc2sccc2c1=O)N1CCC[C@@H]1c1nnc2ccccn12. The molecule has 0 radical (unpaired) electrons. The van der Waals surface area contributed by atoms with Crippen molar-refractivity contribution in [3.8, 4) is 0 Å². The molecule has 0 aliphatic carbocycles. The topological polar surface area (TPSA) is 85.4 Å². The fraction of sp³-hybridized carbons (Fsp3) is 0.278. The van der Waals surface area contributed by atoms with Crippen LogP contribution >= 0.6 is 11.3 Å². The van der Waals surface area contributed by atoms with E-state index in [1.807, 2.05) is 34.2 Å². The number of aromatic nitrogens is 5. The molecule has 0 unspecified atom stereocenters. The van der Waals surface area contributed by atoms with E-state index in [0.29, 0.717) is 16.8 Å². The summed E-state index contributed by atoms with van der Waals surface area (Å²) < 4.78 is 3.30. The first kappa shape index (κ1) is 16.1. The van der Waals surface area contributed by atoms with Crippen LogP contribution in [0.4, 0.5) is 0 Å². The Morgan fingerprint density at radius 3 is 3.11 bits per heavy atom. The maximum atomic E-state index is 13.0. The molecule has 1 fully saturated rings. The van der Waals surface area contributed by atoms with Crippen LogP contribution in [0.3, 0.4) is 0 Å². The first-order valence-corrected chi connectivity index (χ1v) is 9.62. The second-order valence-electron chi connectivity index (χ2n) is 6.55. The Bertz CT molecular complexity index is 1210. The summed E-state index contributed by atoms with van der Waals surface area (Å²) in [5.41, 5.74) is 0.577. The molecule has 0 N–H and O–H groups in total. The van der Waals surface area contributed by atoms with Gasteiger partial charge in [0.25, 0.3) is 5.56 Å². The summed E-state index contributed by atoms with van der Waals surface area (Å²) >= 11 is 1.42. The number of nitrogens with zero attached hydrogens (tertiary/aromatic N) is 6. The van der Waals surface area contributed by atoms with Crippen molar-refractivity contribution in [1.29, 1.82) is 0 Å². The Balaban J connectivity index is 1.45. The van der Waals surface area contributed by atoms with Crippen molar-refractivity contribution in [2.24, 2.45) is 0 Å². The van der Waals surface area contributed by atoms with Gasteiger partial charge in [-0.25, -0.2) is 4.98 Å². The van der Waals surface area contributed by atoms with Crippen LogP contribution in [-0.2, 0) is 11.3 Å². The minimum absolute atomic E-state index is 0.0230. The highest BCUT2D eigenvalue weighted by molar-refractivity contribution is 7.16. The van der Waals surface area contributed by atoms with Gasteiger partial charge in [-0.3, -0.25) is 18.6 Å². The molecule has 4 aromatic rings. The second-order valence-corrected chi connectivity index (χ2v) is 7.44. The van der Waals surface area contributed by atoms with Crippen LogP contribution in [0.25, 0.3) is 15.9 Å². The van der Waals surface area contributed by atoms with Crippen LogP contribution in [0.2, 0.25) is 0 Å². The average Bonchev–Trinajstić information content (AvgIpc) is 3.42. The molecular weight excluding hydrogens is 364 g/mol. The van der Waals surface area contributed by atoms with Crippen LogP contribution < -0.4 is 5.56 Å². The number of carbonyl (C=O) groups is 1. The summed E-state index contributed by atoms with van der Waals surface area (Å²) in [6.45, 7) is 0.624. The maximum absolute atomic E-state index is 13.0. The normalized spacial score (nSPS) is 17.2. The first-order valence-electron chi connectivity index (χ1n) is 8.74. The Hall–Kier alpha value is -3.07. The summed E-state index contributed by atoms with van der Waals surface area (Å²) in [5.74, 6) is 0.652. The minimum atomic E-state index is -0.182. The molecule has 1 saturated heterocycles. The summed E-state index contributed by atoms with van der Waals surface area (Å²) in [6, 6.07) is 7.33. The zero-order valence-electron chi connectivity index (χ0n) is 14.4. The van der Waals surface area contributed by atoms with Crippen LogP contribution in [0.5, 0.6) is 0 Å². The zero-order chi connectivity index (χ0) is 18.4. The number of rotatable bonds is 3. The van der Waals surface area contributed by atoms with Crippen molar-refractivity contribution in [2.75, 3.05) is 6.54 Å². The molecule has 1 aliphatic heterocycles. The molecule has 5 heterocycles. The van der Waals surface area contributed by atoms with Crippen molar-refractivity contribution in [3.05, 3.63) is 58.3 Å². The standard InChI is InChI=1S/C18H16N6O2S/c25-15(10-22-11-19-17-12(18(22)26)6-9-27-17)23-8-3-4-13(23)16-21-20-14-5-1-2-7-24(14)16/h1-2,5-7,9,11,13H,3-4,8,10H2/t13-/m1/s1. The molecule has 0 saturated carbocycles. The van der Waals surface area contributed by atoms with Crippen molar-refractivity contribution in [3.63, 3.8) is 0 Å². The van der Waals surface area contributed by atoms with E-state index in [1.54, 1.807) is 11.0 Å². The third kappa shape index (κ3) is 2.62. The molecule has 0 bridgehead atoms. The zero-order valence-corrected chi connectivity index (χ0v) is 15.2. The maximum Gasteiger partial charge on any atom is 0.262 e. The van der Waals surface area contributed by atoms with Gasteiger partial charge in [-0.2, -0.15) is 0 Å². The van der Waals surface area contributed by atoms with Crippen LogP contribution in [0.15, 0.2) is 47.0 Å². The predicted molar refractivity (Wildman–Crippen MR) is 101 cm³/mol. The van der Waals surface area contributed by atoms with Gasteiger partial charge >= 0.3 is 0 Å². The Kier molecular flexibility index (Phi) is 3.75. The Morgan fingerprint density at radius 2 is 2.19 bits per heavy atom. The van der Waals surface area contributed by atoms with Crippen molar-refractivity contribution in [2.45, 2.75) is 25.4 Å². The van der Waals surface area contributed by atoms with Gasteiger partial charge in [-0.15, -0.1) is 21.5 Å². The van der Waals surface area contributed by atoms with E-state index in [2.05, 4.69) is 15.2 Å². The molecule has 27 heavy (non-hydrogen) atoms. The summed E-state index contributed by atoms with van der Waals surface area (Å²) in [5, 5.41) is 10.9. The smallest absolute Gasteiger partial charge is 0.262 e. The number of pyridine rings is 1. The number of likely N-dealkylation sites (tertiary alicyclic amines) is 1. The number of thiophene rings is 1. The van der Waals surface area contributed by atoms with Gasteiger partial charge in [0.15, 0.2) is 11.5 Å². The Labute approximate surface area is 157 Å².